The minimum atomic E-state index is -0.665. The van der Waals surface area contributed by atoms with Gasteiger partial charge in [0.25, 0.3) is 5.91 Å². The number of nitrogens with one attached hydrogen (secondary N) is 1. The van der Waals surface area contributed by atoms with Crippen molar-refractivity contribution >= 4 is 11.8 Å². The molecule has 0 heterocycles. The fraction of sp³-hybridized carbons (Fsp3) is 0.462. The highest BCUT2D eigenvalue weighted by atomic mass is 16.5. The average Bonchev–Trinajstić information content (AvgIpc) is 2.81. The Morgan fingerprint density at radius 3 is 2.03 bits per heavy atom. The fourth-order valence-electron chi connectivity index (χ4n) is 3.43. The molecule has 186 valence electrons. The van der Waals surface area contributed by atoms with Crippen molar-refractivity contribution < 1.29 is 28.5 Å². The van der Waals surface area contributed by atoms with Gasteiger partial charge in [-0.2, -0.15) is 0 Å². The largest absolute Gasteiger partial charge is 0.497 e. The van der Waals surface area contributed by atoms with E-state index in [0.29, 0.717) is 29.4 Å². The van der Waals surface area contributed by atoms with Crippen molar-refractivity contribution in [3.8, 4) is 23.0 Å². The first kappa shape index (κ1) is 26.8. The third-order valence-electron chi connectivity index (χ3n) is 5.06. The summed E-state index contributed by atoms with van der Waals surface area (Å²) >= 11 is 0. The third kappa shape index (κ3) is 7.86. The predicted molar refractivity (Wildman–Crippen MR) is 131 cm³/mol. The van der Waals surface area contributed by atoms with Gasteiger partial charge in [0.2, 0.25) is 5.91 Å². The molecule has 34 heavy (non-hydrogen) atoms. The molecule has 0 saturated carbocycles. The molecule has 0 spiro atoms. The number of hydrogen-bond acceptors (Lipinski definition) is 6. The van der Waals surface area contributed by atoms with Crippen molar-refractivity contribution in [2.45, 2.75) is 52.2 Å². The van der Waals surface area contributed by atoms with Gasteiger partial charge in [0.1, 0.15) is 29.0 Å². The summed E-state index contributed by atoms with van der Waals surface area (Å²) in [6.45, 7) is 7.59. The van der Waals surface area contributed by atoms with Crippen LogP contribution in [0.15, 0.2) is 42.5 Å². The molecule has 1 atom stereocenters. The molecule has 8 heteroatoms. The molecule has 0 aliphatic heterocycles. The Morgan fingerprint density at radius 2 is 1.50 bits per heavy atom. The summed E-state index contributed by atoms with van der Waals surface area (Å²) < 4.78 is 21.6. The van der Waals surface area contributed by atoms with Crippen LogP contribution in [0.1, 0.15) is 39.7 Å². The highest BCUT2D eigenvalue weighted by Gasteiger charge is 2.31. The van der Waals surface area contributed by atoms with Gasteiger partial charge in [-0.1, -0.05) is 19.1 Å². The van der Waals surface area contributed by atoms with Crippen molar-refractivity contribution in [3.63, 3.8) is 0 Å². The maximum Gasteiger partial charge on any atom is 0.261 e. The van der Waals surface area contributed by atoms with Crippen LogP contribution in [0.3, 0.4) is 0 Å². The van der Waals surface area contributed by atoms with Crippen LogP contribution in [0, 0.1) is 0 Å². The lowest BCUT2D eigenvalue weighted by atomic mass is 10.1. The number of benzene rings is 2. The fourth-order valence-corrected chi connectivity index (χ4v) is 3.43. The highest BCUT2D eigenvalue weighted by molar-refractivity contribution is 5.88. The van der Waals surface area contributed by atoms with Gasteiger partial charge in [0.15, 0.2) is 6.61 Å². The average molecular weight is 473 g/mol. The smallest absolute Gasteiger partial charge is 0.261 e. The molecule has 8 nitrogen and oxygen atoms in total. The highest BCUT2D eigenvalue weighted by Crippen LogP contribution is 2.27. The third-order valence-corrected chi connectivity index (χ3v) is 5.06. The molecule has 2 rings (SSSR count). The number of carbonyl (C=O) groups is 2. The van der Waals surface area contributed by atoms with Crippen LogP contribution in [-0.2, 0) is 16.1 Å². The standard InChI is InChI=1S/C26H36N2O6/c1-8-23(25(30)27-26(2,3)4)28(16-18-10-9-11-19(12-18)31-5)24(29)17-34-22-14-20(32-6)13-21(15-22)33-7/h9-15,23H,8,16-17H2,1-7H3,(H,27,30). The summed E-state index contributed by atoms with van der Waals surface area (Å²) in [5.41, 5.74) is 0.417. The van der Waals surface area contributed by atoms with Crippen LogP contribution in [-0.4, -0.2) is 56.2 Å². The number of nitrogens with zero attached hydrogens (tertiary/aromatic N) is 1. The van der Waals surface area contributed by atoms with Gasteiger partial charge < -0.3 is 29.2 Å². The molecule has 2 aromatic rings. The van der Waals surface area contributed by atoms with Crippen molar-refractivity contribution in [3.05, 3.63) is 48.0 Å². The molecule has 0 aromatic heterocycles. The predicted octanol–water partition coefficient (Wildman–Crippen LogP) is 3.81. The molecule has 2 amide bonds. The van der Waals surface area contributed by atoms with E-state index in [0.717, 1.165) is 5.56 Å². The first-order chi connectivity index (χ1) is 16.1. The number of carbonyl (C=O) groups excluding carboxylic acids is 2. The molecule has 0 saturated heterocycles. The monoisotopic (exact) mass is 472 g/mol. The molecular weight excluding hydrogens is 436 g/mol. The van der Waals surface area contributed by atoms with E-state index >= 15 is 0 Å². The SMILES string of the molecule is CCC(C(=O)NC(C)(C)C)N(Cc1cccc(OC)c1)C(=O)COc1cc(OC)cc(OC)c1. The maximum atomic E-state index is 13.4. The Kier molecular flexibility index (Phi) is 9.59. The van der Waals surface area contributed by atoms with E-state index in [9.17, 15) is 9.59 Å². The molecule has 1 N–H and O–H groups in total. The minimum absolute atomic E-state index is 0.214. The Balaban J connectivity index is 2.29. The van der Waals surface area contributed by atoms with E-state index in [-0.39, 0.29) is 25.0 Å². The van der Waals surface area contributed by atoms with E-state index in [2.05, 4.69) is 5.32 Å². The first-order valence-corrected chi connectivity index (χ1v) is 11.2. The van der Waals surface area contributed by atoms with E-state index in [4.69, 9.17) is 18.9 Å². The molecule has 0 aliphatic carbocycles. The molecule has 2 aromatic carbocycles. The minimum Gasteiger partial charge on any atom is -0.497 e. The lowest BCUT2D eigenvalue weighted by molar-refractivity contribution is -0.143. The van der Waals surface area contributed by atoms with Gasteiger partial charge in [-0.15, -0.1) is 0 Å². The topological polar surface area (TPSA) is 86.3 Å². The zero-order valence-corrected chi connectivity index (χ0v) is 21.1. The van der Waals surface area contributed by atoms with Crippen molar-refractivity contribution in [1.82, 2.24) is 10.2 Å². The van der Waals surface area contributed by atoms with Crippen LogP contribution < -0.4 is 24.3 Å². The summed E-state index contributed by atoms with van der Waals surface area (Å²) in [5, 5.41) is 2.99. The Morgan fingerprint density at radius 1 is 0.912 bits per heavy atom. The molecule has 1 unspecified atom stereocenters. The summed E-state index contributed by atoms with van der Waals surface area (Å²) in [4.78, 5) is 28.0. The number of methoxy groups -OCH3 is 3. The summed E-state index contributed by atoms with van der Waals surface area (Å²) in [7, 11) is 4.67. The number of hydrogen-bond donors (Lipinski definition) is 1. The second-order valence-electron chi connectivity index (χ2n) is 8.87. The second-order valence-corrected chi connectivity index (χ2v) is 8.87. The summed E-state index contributed by atoms with van der Waals surface area (Å²) in [6, 6.07) is 11.8. The lowest BCUT2D eigenvalue weighted by Crippen LogP contribution is -2.54. The quantitative estimate of drug-likeness (QED) is 0.535. The lowest BCUT2D eigenvalue weighted by Gasteiger charge is -2.33. The number of ether oxygens (including phenoxy) is 4. The van der Waals surface area contributed by atoms with Crippen LogP contribution in [0.4, 0.5) is 0 Å². The van der Waals surface area contributed by atoms with E-state index in [1.54, 1.807) is 44.4 Å². The van der Waals surface area contributed by atoms with Crippen LogP contribution in [0.5, 0.6) is 23.0 Å². The van der Waals surface area contributed by atoms with Crippen LogP contribution in [0.2, 0.25) is 0 Å². The van der Waals surface area contributed by atoms with Gasteiger partial charge in [-0.25, -0.2) is 0 Å². The molecule has 0 fully saturated rings. The van der Waals surface area contributed by atoms with E-state index < -0.39 is 11.6 Å². The molecule has 0 bridgehead atoms. The second kappa shape index (κ2) is 12.2. The van der Waals surface area contributed by atoms with Crippen LogP contribution >= 0.6 is 0 Å². The Hall–Kier alpha value is -3.42. The van der Waals surface area contributed by atoms with Gasteiger partial charge in [0.05, 0.1) is 21.3 Å². The van der Waals surface area contributed by atoms with E-state index in [1.165, 1.54) is 0 Å². The van der Waals surface area contributed by atoms with Gasteiger partial charge in [0, 0.05) is 30.3 Å². The number of rotatable bonds is 11. The first-order valence-electron chi connectivity index (χ1n) is 11.2. The zero-order valence-electron chi connectivity index (χ0n) is 21.1. The van der Waals surface area contributed by atoms with Crippen molar-refractivity contribution in [2.24, 2.45) is 0 Å². The normalized spacial score (nSPS) is 11.9. The van der Waals surface area contributed by atoms with Crippen molar-refractivity contribution in [1.29, 1.82) is 0 Å². The van der Waals surface area contributed by atoms with Gasteiger partial charge in [-0.3, -0.25) is 9.59 Å². The van der Waals surface area contributed by atoms with Gasteiger partial charge in [-0.05, 0) is 44.9 Å². The molecular formula is C26H36N2O6. The molecule has 0 aliphatic rings. The Bertz CT molecular complexity index is 948. The van der Waals surface area contributed by atoms with Crippen LogP contribution in [0.25, 0.3) is 0 Å². The zero-order chi connectivity index (χ0) is 25.3. The number of amides is 2. The maximum absolute atomic E-state index is 13.4. The Labute approximate surface area is 202 Å². The summed E-state index contributed by atoms with van der Waals surface area (Å²) in [5.74, 6) is 1.67. The van der Waals surface area contributed by atoms with Gasteiger partial charge >= 0.3 is 0 Å². The van der Waals surface area contributed by atoms with Crippen molar-refractivity contribution in [2.75, 3.05) is 27.9 Å². The summed E-state index contributed by atoms with van der Waals surface area (Å²) in [6.07, 6.45) is 0.449. The van der Waals surface area contributed by atoms with E-state index in [1.807, 2.05) is 52.0 Å². The molecule has 0 radical (unpaired) electrons.